The fraction of sp³-hybridized carbons (Fsp3) is 0.471. The fourth-order valence-corrected chi connectivity index (χ4v) is 3.01. The van der Waals surface area contributed by atoms with Crippen LogP contribution in [-0.2, 0) is 18.6 Å². The first-order valence-corrected chi connectivity index (χ1v) is 7.89. The van der Waals surface area contributed by atoms with Crippen molar-refractivity contribution in [2.45, 2.75) is 52.2 Å². The SMILES string of the molecule is CCCC(O)(Cc1c(Cl)c(C)nn1CC)c1ccccc1. The molecule has 3 nitrogen and oxygen atoms in total. The molecule has 1 N–H and O–H groups in total. The lowest BCUT2D eigenvalue weighted by molar-refractivity contribution is 0.0249. The van der Waals surface area contributed by atoms with E-state index < -0.39 is 5.60 Å². The van der Waals surface area contributed by atoms with Crippen LogP contribution in [0.2, 0.25) is 5.02 Å². The van der Waals surface area contributed by atoms with Crippen LogP contribution in [0.3, 0.4) is 0 Å². The van der Waals surface area contributed by atoms with Crippen molar-refractivity contribution in [3.63, 3.8) is 0 Å². The summed E-state index contributed by atoms with van der Waals surface area (Å²) in [6.07, 6.45) is 2.09. The molecule has 1 aromatic heterocycles. The highest BCUT2D eigenvalue weighted by Gasteiger charge is 2.31. The lowest BCUT2D eigenvalue weighted by atomic mass is 9.85. The first kappa shape index (κ1) is 16.1. The van der Waals surface area contributed by atoms with Crippen molar-refractivity contribution in [1.29, 1.82) is 0 Å². The number of rotatable bonds is 6. The van der Waals surface area contributed by atoms with Gasteiger partial charge in [0.25, 0.3) is 0 Å². The van der Waals surface area contributed by atoms with Gasteiger partial charge in [0.1, 0.15) is 0 Å². The second kappa shape index (κ2) is 6.63. The smallest absolute Gasteiger partial charge is 0.0952 e. The number of aromatic nitrogens is 2. The first-order chi connectivity index (χ1) is 10.0. The molecule has 2 aromatic rings. The minimum Gasteiger partial charge on any atom is -0.385 e. The minimum atomic E-state index is -0.904. The summed E-state index contributed by atoms with van der Waals surface area (Å²) in [6.45, 7) is 6.77. The van der Waals surface area contributed by atoms with Gasteiger partial charge in [-0.2, -0.15) is 5.10 Å². The summed E-state index contributed by atoms with van der Waals surface area (Å²) in [5.74, 6) is 0. The Kier molecular flexibility index (Phi) is 5.07. The summed E-state index contributed by atoms with van der Waals surface area (Å²) in [7, 11) is 0. The van der Waals surface area contributed by atoms with Crippen molar-refractivity contribution < 1.29 is 5.11 Å². The van der Waals surface area contributed by atoms with E-state index in [9.17, 15) is 5.11 Å². The minimum absolute atomic E-state index is 0.484. The molecule has 0 spiro atoms. The molecule has 1 atom stereocenters. The molecule has 0 aliphatic heterocycles. The van der Waals surface area contributed by atoms with Crippen LogP contribution in [0.15, 0.2) is 30.3 Å². The van der Waals surface area contributed by atoms with Crippen LogP contribution >= 0.6 is 11.6 Å². The predicted molar refractivity (Wildman–Crippen MR) is 86.6 cm³/mol. The lowest BCUT2D eigenvalue weighted by Gasteiger charge is -2.29. The quantitative estimate of drug-likeness (QED) is 0.872. The average Bonchev–Trinajstić information content (AvgIpc) is 2.76. The number of aliphatic hydroxyl groups is 1. The lowest BCUT2D eigenvalue weighted by Crippen LogP contribution is -2.29. The molecule has 0 radical (unpaired) electrons. The van der Waals surface area contributed by atoms with E-state index >= 15 is 0 Å². The van der Waals surface area contributed by atoms with Gasteiger partial charge in [0.15, 0.2) is 0 Å². The van der Waals surface area contributed by atoms with Crippen molar-refractivity contribution in [3.05, 3.63) is 52.3 Å². The van der Waals surface area contributed by atoms with E-state index in [0.717, 1.165) is 29.9 Å². The topological polar surface area (TPSA) is 38.1 Å². The second-order valence-corrected chi connectivity index (χ2v) is 5.86. The molecule has 4 heteroatoms. The Bertz CT molecular complexity index is 594. The standard InChI is InChI=1S/C17H23ClN2O/c1-4-11-17(21,14-9-7-6-8-10-14)12-15-16(18)13(3)19-20(15)5-2/h6-10,21H,4-5,11-12H2,1-3H3. The van der Waals surface area contributed by atoms with Crippen molar-refractivity contribution in [2.24, 2.45) is 0 Å². The van der Waals surface area contributed by atoms with E-state index in [1.807, 2.05) is 48.9 Å². The normalized spacial score (nSPS) is 14.1. The van der Waals surface area contributed by atoms with E-state index in [4.69, 9.17) is 11.6 Å². The maximum atomic E-state index is 11.2. The number of nitrogens with zero attached hydrogens (tertiary/aromatic N) is 2. The van der Waals surface area contributed by atoms with Gasteiger partial charge in [0.2, 0.25) is 0 Å². The van der Waals surface area contributed by atoms with E-state index in [-0.39, 0.29) is 0 Å². The van der Waals surface area contributed by atoms with Crippen LogP contribution in [0.25, 0.3) is 0 Å². The molecule has 114 valence electrons. The van der Waals surface area contributed by atoms with Crippen molar-refractivity contribution >= 4 is 11.6 Å². The van der Waals surface area contributed by atoms with Gasteiger partial charge in [-0.3, -0.25) is 4.68 Å². The summed E-state index contributed by atoms with van der Waals surface area (Å²) in [4.78, 5) is 0. The molecule has 0 saturated heterocycles. The Morgan fingerprint density at radius 3 is 2.48 bits per heavy atom. The van der Waals surface area contributed by atoms with Gasteiger partial charge in [-0.15, -0.1) is 0 Å². The molecule has 0 saturated carbocycles. The third-order valence-electron chi connectivity index (χ3n) is 3.89. The highest BCUT2D eigenvalue weighted by atomic mass is 35.5. The zero-order valence-electron chi connectivity index (χ0n) is 12.9. The van der Waals surface area contributed by atoms with Gasteiger partial charge in [0.05, 0.1) is 22.0 Å². The fourth-order valence-electron chi connectivity index (χ4n) is 2.81. The number of hydrogen-bond acceptors (Lipinski definition) is 2. The molecule has 2 rings (SSSR count). The summed E-state index contributed by atoms with van der Waals surface area (Å²) < 4.78 is 1.89. The number of benzene rings is 1. The zero-order valence-corrected chi connectivity index (χ0v) is 13.7. The molecule has 21 heavy (non-hydrogen) atoms. The van der Waals surface area contributed by atoms with Crippen LogP contribution in [0.4, 0.5) is 0 Å². The highest BCUT2D eigenvalue weighted by molar-refractivity contribution is 6.31. The highest BCUT2D eigenvalue weighted by Crippen LogP contribution is 2.33. The predicted octanol–water partition coefficient (Wildman–Crippen LogP) is 4.10. The van der Waals surface area contributed by atoms with Crippen molar-refractivity contribution in [2.75, 3.05) is 0 Å². The largest absolute Gasteiger partial charge is 0.385 e. The zero-order chi connectivity index (χ0) is 15.5. The average molecular weight is 307 g/mol. The Hall–Kier alpha value is -1.32. The van der Waals surface area contributed by atoms with E-state index in [0.29, 0.717) is 17.9 Å². The molecule has 1 aromatic carbocycles. The van der Waals surface area contributed by atoms with E-state index in [2.05, 4.69) is 12.0 Å². The van der Waals surface area contributed by atoms with Gasteiger partial charge in [0, 0.05) is 13.0 Å². The Morgan fingerprint density at radius 1 is 1.24 bits per heavy atom. The van der Waals surface area contributed by atoms with E-state index in [1.54, 1.807) is 0 Å². The van der Waals surface area contributed by atoms with E-state index in [1.165, 1.54) is 0 Å². The summed E-state index contributed by atoms with van der Waals surface area (Å²) in [5.41, 5.74) is 1.76. The Morgan fingerprint density at radius 2 is 1.90 bits per heavy atom. The van der Waals surface area contributed by atoms with Crippen LogP contribution in [0.1, 0.15) is 43.6 Å². The number of halogens is 1. The molecule has 0 aliphatic carbocycles. The van der Waals surface area contributed by atoms with Crippen LogP contribution in [-0.4, -0.2) is 14.9 Å². The molecule has 1 heterocycles. The summed E-state index contributed by atoms with van der Waals surface area (Å²) in [6, 6.07) is 9.83. The van der Waals surface area contributed by atoms with Crippen LogP contribution in [0.5, 0.6) is 0 Å². The molecular formula is C17H23ClN2O. The first-order valence-electron chi connectivity index (χ1n) is 7.51. The van der Waals surface area contributed by atoms with Crippen molar-refractivity contribution in [3.8, 4) is 0 Å². The summed E-state index contributed by atoms with van der Waals surface area (Å²) >= 11 is 6.39. The van der Waals surface area contributed by atoms with Gasteiger partial charge in [-0.1, -0.05) is 55.3 Å². The van der Waals surface area contributed by atoms with Gasteiger partial charge < -0.3 is 5.11 Å². The second-order valence-electron chi connectivity index (χ2n) is 5.49. The van der Waals surface area contributed by atoms with Crippen LogP contribution in [0, 0.1) is 6.92 Å². The molecule has 0 fully saturated rings. The molecule has 0 bridgehead atoms. The maximum Gasteiger partial charge on any atom is 0.0952 e. The third-order valence-corrected chi connectivity index (χ3v) is 4.38. The molecule has 0 aliphatic rings. The maximum absolute atomic E-state index is 11.2. The monoisotopic (exact) mass is 306 g/mol. The van der Waals surface area contributed by atoms with Crippen LogP contribution < -0.4 is 0 Å². The number of aryl methyl sites for hydroxylation is 2. The van der Waals surface area contributed by atoms with Gasteiger partial charge >= 0.3 is 0 Å². The third kappa shape index (κ3) is 3.30. The Labute approximate surface area is 131 Å². The number of hydrogen-bond donors (Lipinski definition) is 1. The summed E-state index contributed by atoms with van der Waals surface area (Å²) in [5, 5.41) is 16.3. The molecule has 0 amide bonds. The van der Waals surface area contributed by atoms with Gasteiger partial charge in [-0.25, -0.2) is 0 Å². The van der Waals surface area contributed by atoms with Crippen molar-refractivity contribution in [1.82, 2.24) is 9.78 Å². The molecular weight excluding hydrogens is 284 g/mol. The Balaban J connectivity index is 2.41. The van der Waals surface area contributed by atoms with Gasteiger partial charge in [-0.05, 0) is 25.8 Å². The molecule has 1 unspecified atom stereocenters.